The smallest absolute Gasteiger partial charge is 0.0991 e. The van der Waals surface area contributed by atoms with Crippen LogP contribution in [0.3, 0.4) is 0 Å². The molecule has 0 saturated carbocycles. The Kier molecular flexibility index (Phi) is 7.12. The van der Waals surface area contributed by atoms with Gasteiger partial charge in [-0.3, -0.25) is 0 Å². The molecular weight excluding hydrogens is 238 g/mol. The van der Waals surface area contributed by atoms with Crippen molar-refractivity contribution in [3.63, 3.8) is 0 Å². The number of rotatable bonds is 8. The van der Waals surface area contributed by atoms with E-state index in [-0.39, 0.29) is 0 Å². The zero-order valence-corrected chi connectivity index (χ0v) is 11.8. The molecule has 104 valence electrons. The predicted molar refractivity (Wildman–Crippen MR) is 76.8 cm³/mol. The molecule has 0 fully saturated rings. The summed E-state index contributed by atoms with van der Waals surface area (Å²) in [6, 6.07) is 9.13. The molecule has 0 bridgehead atoms. The van der Waals surface area contributed by atoms with E-state index in [2.05, 4.69) is 30.1 Å². The van der Waals surface area contributed by atoms with Gasteiger partial charge >= 0.3 is 0 Å². The molecule has 1 atom stereocenters. The van der Waals surface area contributed by atoms with Gasteiger partial charge < -0.3 is 15.3 Å². The maximum absolute atomic E-state index is 10.0. The fraction of sp³-hybridized carbons (Fsp3) is 0.533. The molecule has 1 aromatic carbocycles. The third-order valence-electron chi connectivity index (χ3n) is 3.26. The number of likely N-dealkylation sites (N-methyl/N-ethyl adjacent to an activating group) is 1. The number of nitriles is 1. The largest absolute Gasteiger partial charge is 0.387 e. The van der Waals surface area contributed by atoms with Crippen LogP contribution < -0.4 is 5.32 Å². The Labute approximate surface area is 115 Å². The topological polar surface area (TPSA) is 59.3 Å². The summed E-state index contributed by atoms with van der Waals surface area (Å²) in [6.07, 6.45) is -0.524. The summed E-state index contributed by atoms with van der Waals surface area (Å²) in [5, 5.41) is 22.0. The van der Waals surface area contributed by atoms with E-state index in [4.69, 9.17) is 5.26 Å². The first-order valence-corrected chi connectivity index (χ1v) is 6.82. The van der Waals surface area contributed by atoms with E-state index in [9.17, 15) is 5.11 Å². The summed E-state index contributed by atoms with van der Waals surface area (Å²) < 4.78 is 0. The van der Waals surface area contributed by atoms with Crippen LogP contribution in [0, 0.1) is 11.3 Å². The third-order valence-corrected chi connectivity index (χ3v) is 3.26. The van der Waals surface area contributed by atoms with Crippen molar-refractivity contribution in [2.45, 2.75) is 20.0 Å². The number of aliphatic hydroxyl groups excluding tert-OH is 1. The molecule has 0 aliphatic rings. The Morgan fingerprint density at radius 1 is 1.26 bits per heavy atom. The van der Waals surface area contributed by atoms with E-state index in [0.717, 1.165) is 31.7 Å². The minimum Gasteiger partial charge on any atom is -0.387 e. The van der Waals surface area contributed by atoms with Crippen molar-refractivity contribution in [1.29, 1.82) is 5.26 Å². The summed E-state index contributed by atoms with van der Waals surface area (Å²) >= 11 is 0. The van der Waals surface area contributed by atoms with Gasteiger partial charge in [-0.25, -0.2) is 0 Å². The quantitative estimate of drug-likeness (QED) is 0.697. The minimum atomic E-state index is -0.524. The van der Waals surface area contributed by atoms with Gasteiger partial charge in [-0.05, 0) is 30.8 Å². The van der Waals surface area contributed by atoms with Crippen LogP contribution in [0.15, 0.2) is 24.3 Å². The fourth-order valence-corrected chi connectivity index (χ4v) is 1.91. The first-order valence-electron chi connectivity index (χ1n) is 6.82. The summed E-state index contributed by atoms with van der Waals surface area (Å²) in [5.74, 6) is 0. The van der Waals surface area contributed by atoms with E-state index >= 15 is 0 Å². The maximum atomic E-state index is 10.0. The van der Waals surface area contributed by atoms with Gasteiger partial charge in [-0.2, -0.15) is 5.26 Å². The second-order valence-corrected chi connectivity index (χ2v) is 4.48. The second kappa shape index (κ2) is 8.65. The molecule has 1 aromatic rings. The van der Waals surface area contributed by atoms with Gasteiger partial charge in [0.05, 0.1) is 17.7 Å². The summed E-state index contributed by atoms with van der Waals surface area (Å²) in [6.45, 7) is 8.80. The summed E-state index contributed by atoms with van der Waals surface area (Å²) in [5.41, 5.74) is 1.46. The molecule has 4 nitrogen and oxygen atoms in total. The highest BCUT2D eigenvalue weighted by Crippen LogP contribution is 2.12. The average molecular weight is 261 g/mol. The van der Waals surface area contributed by atoms with E-state index in [1.165, 1.54) is 0 Å². The Bertz CT molecular complexity index is 393. The Balaban J connectivity index is 2.30. The van der Waals surface area contributed by atoms with Gasteiger partial charge in [-0.1, -0.05) is 26.0 Å². The van der Waals surface area contributed by atoms with Crippen molar-refractivity contribution in [3.8, 4) is 6.07 Å². The van der Waals surface area contributed by atoms with Crippen molar-refractivity contribution < 1.29 is 5.11 Å². The maximum Gasteiger partial charge on any atom is 0.0991 e. The number of hydrogen-bond acceptors (Lipinski definition) is 4. The van der Waals surface area contributed by atoms with Crippen LogP contribution in [-0.2, 0) is 0 Å². The van der Waals surface area contributed by atoms with Crippen LogP contribution in [0.1, 0.15) is 31.1 Å². The van der Waals surface area contributed by atoms with Crippen molar-refractivity contribution >= 4 is 0 Å². The van der Waals surface area contributed by atoms with Gasteiger partial charge in [0.1, 0.15) is 0 Å². The van der Waals surface area contributed by atoms with Gasteiger partial charge in [0, 0.05) is 19.6 Å². The third kappa shape index (κ3) is 5.39. The molecule has 0 amide bonds. The molecule has 4 heteroatoms. The molecule has 0 saturated heterocycles. The SMILES string of the molecule is CCN(CC)CCNCC(O)c1ccc(C#N)cc1. The highest BCUT2D eigenvalue weighted by atomic mass is 16.3. The lowest BCUT2D eigenvalue weighted by molar-refractivity contribution is 0.172. The van der Waals surface area contributed by atoms with Crippen molar-refractivity contribution in [1.82, 2.24) is 10.2 Å². The molecule has 0 aromatic heterocycles. The van der Waals surface area contributed by atoms with Crippen LogP contribution in [0.4, 0.5) is 0 Å². The van der Waals surface area contributed by atoms with Gasteiger partial charge in [0.2, 0.25) is 0 Å². The summed E-state index contributed by atoms with van der Waals surface area (Å²) in [4.78, 5) is 2.33. The molecule has 0 spiro atoms. The lowest BCUT2D eigenvalue weighted by Gasteiger charge is -2.19. The molecule has 19 heavy (non-hydrogen) atoms. The molecule has 0 aliphatic carbocycles. The summed E-state index contributed by atoms with van der Waals surface area (Å²) in [7, 11) is 0. The standard InChI is InChI=1S/C15H23N3O/c1-3-18(4-2)10-9-17-12-15(19)14-7-5-13(11-16)6-8-14/h5-8,15,17,19H,3-4,9-10,12H2,1-2H3. The highest BCUT2D eigenvalue weighted by molar-refractivity contribution is 5.32. The van der Waals surface area contributed by atoms with Gasteiger partial charge in [0.25, 0.3) is 0 Å². The van der Waals surface area contributed by atoms with Gasteiger partial charge in [0.15, 0.2) is 0 Å². The second-order valence-electron chi connectivity index (χ2n) is 4.48. The molecule has 0 heterocycles. The molecule has 1 rings (SSSR count). The van der Waals surface area contributed by atoms with Crippen molar-refractivity contribution in [2.75, 3.05) is 32.7 Å². The predicted octanol–water partition coefficient (Wildman–Crippen LogP) is 1.52. The number of nitrogens with one attached hydrogen (secondary N) is 1. The van der Waals surface area contributed by atoms with E-state index in [1.807, 2.05) is 0 Å². The van der Waals surface area contributed by atoms with E-state index in [0.29, 0.717) is 12.1 Å². The molecular formula is C15H23N3O. The molecule has 1 unspecified atom stereocenters. The Hall–Kier alpha value is -1.41. The molecule has 0 radical (unpaired) electrons. The van der Waals surface area contributed by atoms with E-state index in [1.54, 1.807) is 24.3 Å². The Morgan fingerprint density at radius 3 is 2.42 bits per heavy atom. The lowest BCUT2D eigenvalue weighted by atomic mass is 10.1. The van der Waals surface area contributed by atoms with Crippen LogP contribution in [-0.4, -0.2) is 42.7 Å². The van der Waals surface area contributed by atoms with Crippen LogP contribution in [0.25, 0.3) is 0 Å². The normalized spacial score (nSPS) is 12.4. The first-order chi connectivity index (χ1) is 9.21. The minimum absolute atomic E-state index is 0.524. The van der Waals surface area contributed by atoms with E-state index < -0.39 is 6.10 Å². The zero-order valence-electron chi connectivity index (χ0n) is 11.8. The van der Waals surface area contributed by atoms with Crippen LogP contribution >= 0.6 is 0 Å². The Morgan fingerprint density at radius 2 is 1.89 bits per heavy atom. The number of aliphatic hydroxyl groups is 1. The van der Waals surface area contributed by atoms with Crippen LogP contribution in [0.5, 0.6) is 0 Å². The number of nitrogens with zero attached hydrogens (tertiary/aromatic N) is 2. The number of hydrogen-bond donors (Lipinski definition) is 2. The first kappa shape index (κ1) is 15.6. The average Bonchev–Trinajstić information content (AvgIpc) is 2.47. The fourth-order valence-electron chi connectivity index (χ4n) is 1.91. The zero-order chi connectivity index (χ0) is 14.1. The van der Waals surface area contributed by atoms with Crippen molar-refractivity contribution in [3.05, 3.63) is 35.4 Å². The highest BCUT2D eigenvalue weighted by Gasteiger charge is 2.07. The van der Waals surface area contributed by atoms with Gasteiger partial charge in [-0.15, -0.1) is 0 Å². The van der Waals surface area contributed by atoms with Crippen molar-refractivity contribution in [2.24, 2.45) is 0 Å². The molecule has 0 aliphatic heterocycles. The number of benzene rings is 1. The molecule has 2 N–H and O–H groups in total. The van der Waals surface area contributed by atoms with Crippen LogP contribution in [0.2, 0.25) is 0 Å². The monoisotopic (exact) mass is 261 g/mol. The lowest BCUT2D eigenvalue weighted by Crippen LogP contribution is -2.33.